The summed E-state index contributed by atoms with van der Waals surface area (Å²) in [5.74, 6) is 1.93. The second-order valence-corrected chi connectivity index (χ2v) is 9.37. The lowest BCUT2D eigenvalue weighted by Crippen LogP contribution is -2.18. The molecule has 4 aromatic rings. The highest BCUT2D eigenvalue weighted by atomic mass is 16.6. The summed E-state index contributed by atoms with van der Waals surface area (Å²) in [7, 11) is 3.10. The Balaban J connectivity index is 1.68. The summed E-state index contributed by atoms with van der Waals surface area (Å²) in [6.07, 6.45) is 1.56. The van der Waals surface area contributed by atoms with Crippen molar-refractivity contribution in [2.75, 3.05) is 19.6 Å². The normalized spacial score (nSPS) is 14.2. The fraction of sp³-hybridized carbons (Fsp3) is 0.129. The third kappa shape index (κ3) is 5.35. The maximum atomic E-state index is 11.7. The number of ether oxygens (including phenoxy) is 3. The summed E-state index contributed by atoms with van der Waals surface area (Å²) in [6, 6.07) is 24.5. The molecule has 0 aliphatic carbocycles. The first-order valence-corrected chi connectivity index (χ1v) is 12.8. The van der Waals surface area contributed by atoms with Crippen LogP contribution in [0.2, 0.25) is 0 Å². The first kappa shape index (κ1) is 27.8. The topological polar surface area (TPSA) is 138 Å². The number of methoxy groups -OCH3 is 2. The highest BCUT2D eigenvalue weighted by molar-refractivity contribution is 5.95. The van der Waals surface area contributed by atoms with Gasteiger partial charge in [0.25, 0.3) is 5.69 Å². The molecule has 1 N–H and O–H groups in total. The van der Waals surface area contributed by atoms with Crippen molar-refractivity contribution in [1.82, 2.24) is 0 Å². The van der Waals surface area contributed by atoms with E-state index in [9.17, 15) is 20.2 Å². The zero-order chi connectivity index (χ0) is 29.8. The highest BCUT2D eigenvalue weighted by Gasteiger charge is 2.32. The molecule has 0 spiro atoms. The number of benzene rings is 4. The number of para-hydroxylation sites is 1. The molecule has 0 saturated carbocycles. The molecule has 0 saturated heterocycles. The second-order valence-electron chi connectivity index (χ2n) is 9.37. The number of fused-ring (bicyclic) bond motifs is 1. The number of anilines is 1. The molecule has 1 aliphatic rings. The summed E-state index contributed by atoms with van der Waals surface area (Å²) in [5.41, 5.74) is 6.19. The van der Waals surface area contributed by atoms with Gasteiger partial charge >= 0.3 is 5.69 Å². The van der Waals surface area contributed by atoms with Gasteiger partial charge in [-0.15, -0.1) is 0 Å². The molecule has 0 amide bonds. The second kappa shape index (κ2) is 11.8. The van der Waals surface area contributed by atoms with Crippen LogP contribution < -0.4 is 19.6 Å². The van der Waals surface area contributed by atoms with Crippen LogP contribution in [0, 0.1) is 27.2 Å². The number of rotatable bonds is 9. The number of nitro benzene ring substituents is 2. The molecule has 11 heteroatoms. The Bertz CT molecular complexity index is 1750. The molecule has 212 valence electrons. The fourth-order valence-corrected chi connectivity index (χ4v) is 4.91. The average molecular weight is 567 g/mol. The molecular formula is C31H26N4O7. The lowest BCUT2D eigenvalue weighted by Gasteiger charge is -2.30. The van der Waals surface area contributed by atoms with Gasteiger partial charge in [-0.3, -0.25) is 25.7 Å². The van der Waals surface area contributed by atoms with Crippen LogP contribution >= 0.6 is 0 Å². The number of hydrazone groups is 1. The van der Waals surface area contributed by atoms with Crippen LogP contribution in [0.3, 0.4) is 0 Å². The molecule has 0 fully saturated rings. The van der Waals surface area contributed by atoms with Crippen LogP contribution in [-0.2, 0) is 0 Å². The molecule has 0 radical (unpaired) electrons. The van der Waals surface area contributed by atoms with E-state index in [4.69, 9.17) is 14.2 Å². The minimum atomic E-state index is -0.699. The van der Waals surface area contributed by atoms with Gasteiger partial charge in [-0.25, -0.2) is 0 Å². The fourth-order valence-electron chi connectivity index (χ4n) is 4.91. The Morgan fingerprint density at radius 2 is 1.57 bits per heavy atom. The van der Waals surface area contributed by atoms with Gasteiger partial charge < -0.3 is 14.2 Å². The van der Waals surface area contributed by atoms with Gasteiger partial charge in [-0.2, -0.15) is 5.10 Å². The first-order valence-electron chi connectivity index (χ1n) is 12.8. The largest absolute Gasteiger partial charge is 0.493 e. The minimum Gasteiger partial charge on any atom is -0.493 e. The van der Waals surface area contributed by atoms with Gasteiger partial charge in [0.2, 0.25) is 0 Å². The van der Waals surface area contributed by atoms with E-state index < -0.39 is 21.2 Å². The quantitative estimate of drug-likeness (QED) is 0.132. The maximum absolute atomic E-state index is 11.7. The summed E-state index contributed by atoms with van der Waals surface area (Å²) < 4.78 is 17.4. The lowest BCUT2D eigenvalue weighted by atomic mass is 9.80. The predicted molar refractivity (Wildman–Crippen MR) is 158 cm³/mol. The van der Waals surface area contributed by atoms with E-state index in [0.29, 0.717) is 34.1 Å². The lowest BCUT2D eigenvalue weighted by molar-refractivity contribution is -0.393. The van der Waals surface area contributed by atoms with Gasteiger partial charge in [0.05, 0.1) is 36.3 Å². The van der Waals surface area contributed by atoms with Crippen molar-refractivity contribution >= 4 is 29.0 Å². The number of nitrogens with zero attached hydrogens (tertiary/aromatic N) is 3. The molecule has 0 aromatic heterocycles. The van der Waals surface area contributed by atoms with Crippen molar-refractivity contribution in [1.29, 1.82) is 0 Å². The van der Waals surface area contributed by atoms with Crippen LogP contribution in [0.5, 0.6) is 17.2 Å². The number of nitro groups is 2. The third-order valence-electron chi connectivity index (χ3n) is 6.94. The first-order chi connectivity index (χ1) is 20.3. The SMILES string of the molecule is COc1ccc(C2=C(/C=N\Nc3ccc([N+](=O)[O-])cc3[N+](=O)[O-])[C@@H](c3ccccc3C)c3ccccc3O2)cc1OC. The van der Waals surface area contributed by atoms with E-state index in [-0.39, 0.29) is 11.6 Å². The summed E-state index contributed by atoms with van der Waals surface area (Å²) in [6.45, 7) is 2.02. The van der Waals surface area contributed by atoms with E-state index in [2.05, 4.69) is 10.5 Å². The van der Waals surface area contributed by atoms with Crippen molar-refractivity contribution < 1.29 is 24.1 Å². The number of hydrogen-bond donors (Lipinski definition) is 1. The van der Waals surface area contributed by atoms with Gasteiger partial charge in [0.15, 0.2) is 11.5 Å². The number of allylic oxidation sites excluding steroid dienone is 1. The molecule has 1 aliphatic heterocycles. The molecule has 0 bridgehead atoms. The van der Waals surface area contributed by atoms with Crippen molar-refractivity contribution in [2.24, 2.45) is 5.10 Å². The molecular weight excluding hydrogens is 540 g/mol. The van der Waals surface area contributed by atoms with Crippen molar-refractivity contribution in [3.05, 3.63) is 133 Å². The van der Waals surface area contributed by atoms with Gasteiger partial charge in [0.1, 0.15) is 17.2 Å². The average Bonchev–Trinajstić information content (AvgIpc) is 3.00. The Morgan fingerprint density at radius 3 is 2.26 bits per heavy atom. The van der Waals surface area contributed by atoms with Crippen LogP contribution in [0.1, 0.15) is 28.2 Å². The van der Waals surface area contributed by atoms with Crippen LogP contribution in [0.25, 0.3) is 5.76 Å². The number of hydrogen-bond acceptors (Lipinski definition) is 9. The third-order valence-corrected chi connectivity index (χ3v) is 6.94. The van der Waals surface area contributed by atoms with Crippen molar-refractivity contribution in [2.45, 2.75) is 12.8 Å². The summed E-state index contributed by atoms with van der Waals surface area (Å²) in [5, 5.41) is 27.2. The molecule has 1 atom stereocenters. The molecule has 5 rings (SSSR count). The Hall–Kier alpha value is -5.71. The minimum absolute atomic E-state index is 0.000290. The standard InChI is InChI=1S/C31H26N4O7/c1-19-8-4-5-9-22(19)30-23-10-6-7-11-27(23)42-31(20-12-15-28(40-2)29(16-20)41-3)24(30)18-32-33-25-14-13-21(34(36)37)17-26(25)35(38)39/h4-18,30,33H,1-3H3/b32-18-/t30-/m0/s1. The molecule has 0 unspecified atom stereocenters. The highest BCUT2D eigenvalue weighted by Crippen LogP contribution is 2.46. The van der Waals surface area contributed by atoms with Crippen molar-refractivity contribution in [3.8, 4) is 17.2 Å². The van der Waals surface area contributed by atoms with Crippen LogP contribution in [0.4, 0.5) is 17.1 Å². The van der Waals surface area contributed by atoms with E-state index in [1.807, 2.05) is 61.5 Å². The van der Waals surface area contributed by atoms with E-state index in [0.717, 1.165) is 22.8 Å². The predicted octanol–water partition coefficient (Wildman–Crippen LogP) is 6.86. The molecule has 42 heavy (non-hydrogen) atoms. The smallest absolute Gasteiger partial charge is 0.301 e. The Labute approximate surface area is 241 Å². The molecule has 11 nitrogen and oxygen atoms in total. The van der Waals surface area contributed by atoms with Gasteiger partial charge in [-0.05, 0) is 48.4 Å². The van der Waals surface area contributed by atoms with Crippen LogP contribution in [-0.4, -0.2) is 30.3 Å². The number of non-ortho nitro benzene ring substituents is 1. The summed E-state index contributed by atoms with van der Waals surface area (Å²) >= 11 is 0. The summed E-state index contributed by atoms with van der Waals surface area (Å²) in [4.78, 5) is 21.4. The van der Waals surface area contributed by atoms with E-state index in [1.54, 1.807) is 32.6 Å². The molecule has 1 heterocycles. The van der Waals surface area contributed by atoms with E-state index in [1.165, 1.54) is 12.1 Å². The zero-order valence-electron chi connectivity index (χ0n) is 22.9. The van der Waals surface area contributed by atoms with Crippen molar-refractivity contribution in [3.63, 3.8) is 0 Å². The number of aryl methyl sites for hydroxylation is 1. The Kier molecular flexibility index (Phi) is 7.82. The van der Waals surface area contributed by atoms with Gasteiger partial charge in [-0.1, -0.05) is 42.5 Å². The van der Waals surface area contributed by atoms with Gasteiger partial charge in [0, 0.05) is 28.7 Å². The Morgan fingerprint density at radius 1 is 0.857 bits per heavy atom. The zero-order valence-corrected chi connectivity index (χ0v) is 22.9. The van der Waals surface area contributed by atoms with E-state index >= 15 is 0 Å². The number of nitrogens with one attached hydrogen (secondary N) is 1. The maximum Gasteiger partial charge on any atom is 0.301 e. The monoisotopic (exact) mass is 566 g/mol. The molecule has 4 aromatic carbocycles. The van der Waals surface area contributed by atoms with Crippen LogP contribution in [0.15, 0.2) is 95.6 Å².